The normalized spacial score (nSPS) is 12.3. The summed E-state index contributed by atoms with van der Waals surface area (Å²) in [5, 5.41) is 8.45. The molecule has 0 radical (unpaired) electrons. The van der Waals surface area contributed by atoms with Gasteiger partial charge in [-0.1, -0.05) is 25.1 Å². The lowest BCUT2D eigenvalue weighted by atomic mass is 10.0. The van der Waals surface area contributed by atoms with E-state index in [-0.39, 0.29) is 17.5 Å². The van der Waals surface area contributed by atoms with E-state index in [1.165, 1.54) is 6.07 Å². The molecule has 2 heterocycles. The van der Waals surface area contributed by atoms with Crippen molar-refractivity contribution in [2.75, 3.05) is 0 Å². The van der Waals surface area contributed by atoms with E-state index in [0.29, 0.717) is 5.56 Å². The molecule has 1 unspecified atom stereocenters. The molecule has 3 rings (SSSR count). The maximum Gasteiger partial charge on any atom is 0.252 e. The van der Waals surface area contributed by atoms with Gasteiger partial charge in [0.1, 0.15) is 0 Å². The molecule has 2 aromatic heterocycles. The molecule has 0 saturated heterocycles. The first kappa shape index (κ1) is 18.9. The fourth-order valence-electron chi connectivity index (χ4n) is 3.74. The Hall–Kier alpha value is -2.89. The average molecular weight is 366 g/mol. The standard InChI is InChI=1S/C21H26N4O2/c1-6-17(20-13(3)23-25(7-2)14(20)4)22-21(27)16-12-19(26)24(5)18-11-9-8-10-15(16)18/h8-12,17H,6-7H2,1-5H3,(H,22,27). The zero-order valence-electron chi connectivity index (χ0n) is 16.5. The van der Waals surface area contributed by atoms with E-state index in [0.717, 1.165) is 40.8 Å². The van der Waals surface area contributed by atoms with E-state index in [2.05, 4.69) is 17.3 Å². The number of aromatic nitrogens is 3. The number of benzene rings is 1. The number of fused-ring (bicyclic) bond motifs is 1. The number of hydrogen-bond acceptors (Lipinski definition) is 3. The highest BCUT2D eigenvalue weighted by Crippen LogP contribution is 2.25. The predicted molar refractivity (Wildman–Crippen MR) is 107 cm³/mol. The maximum absolute atomic E-state index is 13.1. The SMILES string of the molecule is CCC(NC(=O)c1cc(=O)n(C)c2ccccc12)c1c(C)nn(CC)c1C. The zero-order chi connectivity index (χ0) is 19.7. The van der Waals surface area contributed by atoms with Crippen molar-refractivity contribution in [3.8, 4) is 0 Å². The van der Waals surface area contributed by atoms with Gasteiger partial charge in [-0.3, -0.25) is 14.3 Å². The van der Waals surface area contributed by atoms with Gasteiger partial charge in [-0.2, -0.15) is 5.10 Å². The van der Waals surface area contributed by atoms with Crippen molar-refractivity contribution in [1.82, 2.24) is 19.7 Å². The van der Waals surface area contributed by atoms with E-state index in [9.17, 15) is 9.59 Å². The Morgan fingerprint density at radius 3 is 2.56 bits per heavy atom. The van der Waals surface area contributed by atoms with Crippen molar-refractivity contribution in [2.24, 2.45) is 7.05 Å². The van der Waals surface area contributed by atoms with Crippen LogP contribution in [-0.2, 0) is 13.6 Å². The Morgan fingerprint density at radius 2 is 1.93 bits per heavy atom. The van der Waals surface area contributed by atoms with Crippen molar-refractivity contribution in [3.05, 3.63) is 63.2 Å². The van der Waals surface area contributed by atoms with E-state index in [4.69, 9.17) is 0 Å². The van der Waals surface area contributed by atoms with Crippen LogP contribution in [0.4, 0.5) is 0 Å². The number of amides is 1. The smallest absolute Gasteiger partial charge is 0.252 e. The number of nitrogens with one attached hydrogen (secondary N) is 1. The maximum atomic E-state index is 13.1. The number of pyridine rings is 1. The molecule has 0 aliphatic rings. The summed E-state index contributed by atoms with van der Waals surface area (Å²) in [7, 11) is 1.72. The van der Waals surface area contributed by atoms with Crippen molar-refractivity contribution in [1.29, 1.82) is 0 Å². The number of carbonyl (C=O) groups excluding carboxylic acids is 1. The Morgan fingerprint density at radius 1 is 1.22 bits per heavy atom. The summed E-state index contributed by atoms with van der Waals surface area (Å²) in [4.78, 5) is 25.4. The van der Waals surface area contributed by atoms with Crippen LogP contribution >= 0.6 is 0 Å². The van der Waals surface area contributed by atoms with Crippen LogP contribution < -0.4 is 10.9 Å². The Balaban J connectivity index is 2.02. The molecule has 3 aromatic rings. The summed E-state index contributed by atoms with van der Waals surface area (Å²) in [6, 6.07) is 8.73. The molecule has 6 heteroatoms. The number of carbonyl (C=O) groups is 1. The van der Waals surface area contributed by atoms with Gasteiger partial charge >= 0.3 is 0 Å². The van der Waals surface area contributed by atoms with Gasteiger partial charge in [0.15, 0.2) is 0 Å². The average Bonchev–Trinajstić information content (AvgIpc) is 2.96. The molecule has 27 heavy (non-hydrogen) atoms. The van der Waals surface area contributed by atoms with Crippen LogP contribution in [-0.4, -0.2) is 20.3 Å². The predicted octanol–water partition coefficient (Wildman–Crippen LogP) is 3.25. The first-order chi connectivity index (χ1) is 12.9. The van der Waals surface area contributed by atoms with Gasteiger partial charge in [0, 0.05) is 36.3 Å². The fraction of sp³-hybridized carbons (Fsp3) is 0.381. The molecule has 6 nitrogen and oxygen atoms in total. The van der Waals surface area contributed by atoms with Crippen LogP contribution in [0, 0.1) is 13.8 Å². The number of aryl methyl sites for hydroxylation is 3. The number of hydrogen-bond donors (Lipinski definition) is 1. The van der Waals surface area contributed by atoms with Crippen LogP contribution in [0.25, 0.3) is 10.9 Å². The van der Waals surface area contributed by atoms with Gasteiger partial charge in [0.05, 0.1) is 22.8 Å². The quantitative estimate of drug-likeness (QED) is 0.754. The molecule has 0 aliphatic carbocycles. The fourth-order valence-corrected chi connectivity index (χ4v) is 3.74. The second-order valence-corrected chi connectivity index (χ2v) is 6.81. The summed E-state index contributed by atoms with van der Waals surface area (Å²) >= 11 is 0. The van der Waals surface area contributed by atoms with Gasteiger partial charge in [-0.15, -0.1) is 0 Å². The van der Waals surface area contributed by atoms with Gasteiger partial charge in [-0.05, 0) is 33.3 Å². The minimum atomic E-state index is -0.237. The Bertz CT molecular complexity index is 1060. The molecule has 1 aromatic carbocycles. The zero-order valence-corrected chi connectivity index (χ0v) is 16.5. The first-order valence-electron chi connectivity index (χ1n) is 9.32. The third-order valence-electron chi connectivity index (χ3n) is 5.20. The van der Waals surface area contributed by atoms with Crippen LogP contribution in [0.15, 0.2) is 35.1 Å². The molecule has 0 saturated carbocycles. The third kappa shape index (κ3) is 3.27. The minimum absolute atomic E-state index is 0.152. The Kier molecular flexibility index (Phi) is 5.17. The second kappa shape index (κ2) is 7.39. The lowest BCUT2D eigenvalue weighted by Crippen LogP contribution is -2.31. The molecule has 0 bridgehead atoms. The minimum Gasteiger partial charge on any atom is -0.345 e. The monoisotopic (exact) mass is 366 g/mol. The molecular formula is C21H26N4O2. The summed E-state index contributed by atoms with van der Waals surface area (Å²) in [5.74, 6) is -0.237. The lowest BCUT2D eigenvalue weighted by molar-refractivity contribution is 0.0937. The van der Waals surface area contributed by atoms with Crippen LogP contribution in [0.5, 0.6) is 0 Å². The van der Waals surface area contributed by atoms with E-state index < -0.39 is 0 Å². The van der Waals surface area contributed by atoms with Crippen molar-refractivity contribution >= 4 is 16.8 Å². The summed E-state index contributed by atoms with van der Waals surface area (Å²) in [6.45, 7) is 8.87. The highest BCUT2D eigenvalue weighted by molar-refractivity contribution is 6.06. The highest BCUT2D eigenvalue weighted by Gasteiger charge is 2.23. The van der Waals surface area contributed by atoms with Crippen LogP contribution in [0.2, 0.25) is 0 Å². The highest BCUT2D eigenvalue weighted by atomic mass is 16.2. The third-order valence-corrected chi connectivity index (χ3v) is 5.20. The number of rotatable bonds is 5. The van der Waals surface area contributed by atoms with Gasteiger partial charge in [0.2, 0.25) is 0 Å². The van der Waals surface area contributed by atoms with Crippen molar-refractivity contribution < 1.29 is 4.79 Å². The van der Waals surface area contributed by atoms with E-state index in [1.807, 2.05) is 49.7 Å². The first-order valence-corrected chi connectivity index (χ1v) is 9.32. The largest absolute Gasteiger partial charge is 0.345 e. The molecule has 1 N–H and O–H groups in total. The van der Waals surface area contributed by atoms with Crippen LogP contribution in [0.1, 0.15) is 53.6 Å². The summed E-state index contributed by atoms with van der Waals surface area (Å²) in [5.41, 5.74) is 4.00. The summed E-state index contributed by atoms with van der Waals surface area (Å²) in [6.07, 6.45) is 0.742. The van der Waals surface area contributed by atoms with Crippen molar-refractivity contribution in [3.63, 3.8) is 0 Å². The van der Waals surface area contributed by atoms with E-state index in [1.54, 1.807) is 11.6 Å². The molecule has 0 aliphatic heterocycles. The number of para-hydroxylation sites is 1. The molecular weight excluding hydrogens is 340 g/mol. The second-order valence-electron chi connectivity index (χ2n) is 6.81. The van der Waals surface area contributed by atoms with Gasteiger partial charge < -0.3 is 9.88 Å². The Labute approximate surface area is 158 Å². The summed E-state index contributed by atoms with van der Waals surface area (Å²) < 4.78 is 3.51. The molecule has 142 valence electrons. The van der Waals surface area contributed by atoms with Crippen molar-refractivity contribution in [2.45, 2.75) is 46.7 Å². The van der Waals surface area contributed by atoms with Gasteiger partial charge in [0.25, 0.3) is 11.5 Å². The number of nitrogens with zero attached hydrogens (tertiary/aromatic N) is 3. The molecule has 1 atom stereocenters. The van der Waals surface area contributed by atoms with Gasteiger partial charge in [-0.25, -0.2) is 0 Å². The van der Waals surface area contributed by atoms with E-state index >= 15 is 0 Å². The topological polar surface area (TPSA) is 68.9 Å². The van der Waals surface area contributed by atoms with Crippen LogP contribution in [0.3, 0.4) is 0 Å². The molecule has 0 spiro atoms. The lowest BCUT2D eigenvalue weighted by Gasteiger charge is -2.19. The molecule has 1 amide bonds. The molecule has 0 fully saturated rings.